The van der Waals surface area contributed by atoms with Crippen LogP contribution >= 0.6 is 11.6 Å². The minimum Gasteiger partial charge on any atom is -0.504 e. The summed E-state index contributed by atoms with van der Waals surface area (Å²) in [6.45, 7) is 1.91. The topological polar surface area (TPSA) is 124 Å². The number of methoxy groups -OCH3 is 1. The summed E-state index contributed by atoms with van der Waals surface area (Å²) in [5.41, 5.74) is 3.33. The molecule has 0 aliphatic carbocycles. The van der Waals surface area contributed by atoms with Crippen LogP contribution in [0, 0.1) is 6.92 Å². The predicted octanol–water partition coefficient (Wildman–Crippen LogP) is 6.26. The van der Waals surface area contributed by atoms with Gasteiger partial charge in [-0.05, 0) is 90.8 Å². The van der Waals surface area contributed by atoms with Gasteiger partial charge in [-0.1, -0.05) is 23.7 Å². The standard InChI is InChI=1S/C34H28ClNO8/c1-20-27(28-18-26(42-2)12-13-29(28)36(20)33(40)22-5-8-24(35)9-6-22)19-32(39)43-16-15-21-3-10-25(11-4-21)44-34(41)23-7-14-30(37)31(38)17-23/h3-14,17-18,37-38H,15-16,19H2,1-2H3. The van der Waals surface area contributed by atoms with E-state index in [1.165, 1.54) is 12.1 Å². The lowest BCUT2D eigenvalue weighted by Gasteiger charge is -2.09. The van der Waals surface area contributed by atoms with Crippen molar-refractivity contribution in [2.45, 2.75) is 19.8 Å². The first kappa shape index (κ1) is 30.2. The number of phenols is 2. The SMILES string of the molecule is COc1ccc2c(c1)c(CC(=O)OCCc1ccc(OC(=O)c3ccc(O)c(O)c3)cc1)c(C)n2C(=O)c1ccc(Cl)cc1. The second-order valence-electron chi connectivity index (χ2n) is 9.98. The average molecular weight is 614 g/mol. The molecule has 0 radical (unpaired) electrons. The van der Waals surface area contributed by atoms with Gasteiger partial charge in [0.2, 0.25) is 0 Å². The molecular weight excluding hydrogens is 586 g/mol. The highest BCUT2D eigenvalue weighted by molar-refractivity contribution is 6.30. The zero-order chi connectivity index (χ0) is 31.4. The number of aromatic nitrogens is 1. The van der Waals surface area contributed by atoms with Crippen LogP contribution in [0.15, 0.2) is 84.9 Å². The highest BCUT2D eigenvalue weighted by atomic mass is 35.5. The monoisotopic (exact) mass is 613 g/mol. The zero-order valence-corrected chi connectivity index (χ0v) is 24.6. The van der Waals surface area contributed by atoms with Gasteiger partial charge in [0.15, 0.2) is 11.5 Å². The van der Waals surface area contributed by atoms with Crippen molar-refractivity contribution < 1.29 is 38.8 Å². The van der Waals surface area contributed by atoms with Crippen LogP contribution in [0.2, 0.25) is 5.02 Å². The van der Waals surface area contributed by atoms with E-state index in [9.17, 15) is 24.6 Å². The highest BCUT2D eigenvalue weighted by Crippen LogP contribution is 2.31. The fraction of sp³-hybridized carbons (Fsp3) is 0.147. The highest BCUT2D eigenvalue weighted by Gasteiger charge is 2.22. The number of hydrogen-bond donors (Lipinski definition) is 2. The maximum absolute atomic E-state index is 13.5. The molecule has 0 spiro atoms. The molecule has 0 unspecified atom stereocenters. The molecule has 44 heavy (non-hydrogen) atoms. The third kappa shape index (κ3) is 6.53. The molecular formula is C34H28ClNO8. The molecule has 0 saturated heterocycles. The second-order valence-corrected chi connectivity index (χ2v) is 10.4. The van der Waals surface area contributed by atoms with Crippen LogP contribution in [-0.4, -0.2) is 46.3 Å². The van der Waals surface area contributed by atoms with Crippen molar-refractivity contribution in [3.63, 3.8) is 0 Å². The summed E-state index contributed by atoms with van der Waals surface area (Å²) < 4.78 is 17.8. The Morgan fingerprint density at radius 3 is 2.18 bits per heavy atom. The maximum atomic E-state index is 13.5. The summed E-state index contributed by atoms with van der Waals surface area (Å²) in [5, 5.41) is 20.2. The fourth-order valence-electron chi connectivity index (χ4n) is 4.81. The van der Waals surface area contributed by atoms with Crippen LogP contribution < -0.4 is 9.47 Å². The van der Waals surface area contributed by atoms with E-state index >= 15 is 0 Å². The quantitative estimate of drug-likeness (QED) is 0.113. The smallest absolute Gasteiger partial charge is 0.343 e. The molecule has 0 bridgehead atoms. The number of fused-ring (bicyclic) bond motifs is 1. The van der Waals surface area contributed by atoms with Crippen LogP contribution in [-0.2, 0) is 22.4 Å². The van der Waals surface area contributed by atoms with Gasteiger partial charge in [-0.3, -0.25) is 14.2 Å². The normalized spacial score (nSPS) is 10.9. The average Bonchev–Trinajstić information content (AvgIpc) is 3.29. The van der Waals surface area contributed by atoms with Crippen molar-refractivity contribution in [1.82, 2.24) is 4.57 Å². The van der Waals surface area contributed by atoms with Crippen molar-refractivity contribution in [1.29, 1.82) is 0 Å². The number of esters is 2. The first-order valence-corrected chi connectivity index (χ1v) is 14.0. The lowest BCUT2D eigenvalue weighted by Crippen LogP contribution is -2.15. The van der Waals surface area contributed by atoms with E-state index in [2.05, 4.69) is 0 Å². The van der Waals surface area contributed by atoms with Crippen LogP contribution in [0.3, 0.4) is 0 Å². The minimum absolute atomic E-state index is 0.0435. The molecule has 5 rings (SSSR count). The van der Waals surface area contributed by atoms with E-state index < -0.39 is 17.7 Å². The van der Waals surface area contributed by atoms with Crippen molar-refractivity contribution in [2.75, 3.05) is 13.7 Å². The summed E-state index contributed by atoms with van der Waals surface area (Å²) in [4.78, 5) is 38.7. The zero-order valence-electron chi connectivity index (χ0n) is 23.9. The lowest BCUT2D eigenvalue weighted by atomic mass is 10.1. The van der Waals surface area contributed by atoms with Gasteiger partial charge in [0.05, 0.1) is 31.2 Å². The summed E-state index contributed by atoms with van der Waals surface area (Å²) in [6.07, 6.45) is 0.382. The molecule has 0 aliphatic rings. The molecule has 4 aromatic carbocycles. The molecule has 0 fully saturated rings. The van der Waals surface area contributed by atoms with E-state index in [1.54, 1.807) is 85.3 Å². The third-order valence-electron chi connectivity index (χ3n) is 7.16. The Bertz CT molecular complexity index is 1860. The maximum Gasteiger partial charge on any atom is 0.343 e. The van der Waals surface area contributed by atoms with Crippen molar-refractivity contribution in [3.05, 3.63) is 118 Å². The van der Waals surface area contributed by atoms with Crippen LogP contribution in [0.25, 0.3) is 10.9 Å². The third-order valence-corrected chi connectivity index (χ3v) is 7.41. The number of ether oxygens (including phenoxy) is 3. The van der Waals surface area contributed by atoms with Gasteiger partial charge in [0.1, 0.15) is 11.5 Å². The summed E-state index contributed by atoms with van der Waals surface area (Å²) >= 11 is 6.00. The van der Waals surface area contributed by atoms with Crippen molar-refractivity contribution in [3.8, 4) is 23.0 Å². The Morgan fingerprint density at radius 2 is 1.50 bits per heavy atom. The number of rotatable bonds is 9. The molecule has 1 aromatic heterocycles. The number of nitrogens with zero attached hydrogens (tertiary/aromatic N) is 1. The first-order chi connectivity index (χ1) is 21.1. The number of phenolic OH excluding ortho intramolecular Hbond substituents is 2. The molecule has 9 nitrogen and oxygen atoms in total. The van der Waals surface area contributed by atoms with E-state index in [-0.39, 0.29) is 30.2 Å². The molecule has 0 atom stereocenters. The van der Waals surface area contributed by atoms with Gasteiger partial charge in [-0.25, -0.2) is 4.79 Å². The van der Waals surface area contributed by atoms with Gasteiger partial charge >= 0.3 is 11.9 Å². The summed E-state index contributed by atoms with van der Waals surface area (Å²) in [6, 6.07) is 22.4. The number of carbonyl (C=O) groups is 3. The number of halogens is 1. The lowest BCUT2D eigenvalue weighted by molar-refractivity contribution is -0.142. The van der Waals surface area contributed by atoms with E-state index in [0.29, 0.717) is 50.7 Å². The number of hydrogen-bond acceptors (Lipinski definition) is 8. The molecule has 0 aliphatic heterocycles. The molecule has 10 heteroatoms. The van der Waals surface area contributed by atoms with Crippen molar-refractivity contribution >= 4 is 40.3 Å². The minimum atomic E-state index is -0.689. The Morgan fingerprint density at radius 1 is 0.818 bits per heavy atom. The van der Waals surface area contributed by atoms with Gasteiger partial charge in [-0.2, -0.15) is 0 Å². The van der Waals surface area contributed by atoms with Gasteiger partial charge < -0.3 is 24.4 Å². The number of benzene rings is 4. The Balaban J connectivity index is 1.24. The Labute approximate surface area is 257 Å². The molecule has 0 amide bonds. The van der Waals surface area contributed by atoms with Crippen LogP contribution in [0.5, 0.6) is 23.0 Å². The number of aromatic hydroxyl groups is 2. The van der Waals surface area contributed by atoms with Crippen LogP contribution in [0.4, 0.5) is 0 Å². The van der Waals surface area contributed by atoms with Gasteiger partial charge in [0, 0.05) is 28.1 Å². The molecule has 1 heterocycles. The fourth-order valence-corrected chi connectivity index (χ4v) is 4.94. The van der Waals surface area contributed by atoms with Gasteiger partial charge in [0.25, 0.3) is 5.91 Å². The second kappa shape index (κ2) is 12.9. The molecule has 0 saturated carbocycles. The molecule has 5 aromatic rings. The molecule has 2 N–H and O–H groups in total. The van der Waals surface area contributed by atoms with E-state index in [4.69, 9.17) is 25.8 Å². The first-order valence-electron chi connectivity index (χ1n) is 13.6. The van der Waals surface area contributed by atoms with E-state index in [1.807, 2.05) is 0 Å². The van der Waals surface area contributed by atoms with E-state index in [0.717, 1.165) is 11.6 Å². The molecule has 224 valence electrons. The largest absolute Gasteiger partial charge is 0.504 e. The van der Waals surface area contributed by atoms with Crippen LogP contribution in [0.1, 0.15) is 37.5 Å². The predicted molar refractivity (Wildman–Crippen MR) is 164 cm³/mol. The van der Waals surface area contributed by atoms with Gasteiger partial charge in [-0.15, -0.1) is 0 Å². The Hall–Kier alpha value is -5.28. The van der Waals surface area contributed by atoms with Crippen molar-refractivity contribution in [2.24, 2.45) is 0 Å². The summed E-state index contributed by atoms with van der Waals surface area (Å²) in [7, 11) is 1.55. The summed E-state index contributed by atoms with van der Waals surface area (Å²) in [5.74, 6) is -1.25. The number of carbonyl (C=O) groups excluding carboxylic acids is 3. The Kier molecular flexibility index (Phi) is 8.87.